The first-order valence-corrected chi connectivity index (χ1v) is 9.33. The minimum atomic E-state index is -0.544. The molecule has 7 heteroatoms. The summed E-state index contributed by atoms with van der Waals surface area (Å²) in [5, 5.41) is 2.74. The molecule has 0 spiro atoms. The fraction of sp³-hybridized carbons (Fsp3) is 0.333. The zero-order chi connectivity index (χ0) is 20.1. The average molecular weight is 378 g/mol. The first-order valence-electron chi connectivity index (χ1n) is 9.33. The molecular weight excluding hydrogens is 356 g/mol. The number of aromatic amines is 2. The van der Waals surface area contributed by atoms with E-state index in [9.17, 15) is 14.4 Å². The number of nitrogens with zero attached hydrogens (tertiary/aromatic N) is 1. The second-order valence-electron chi connectivity index (χ2n) is 8.20. The number of hydrogen-bond acceptors (Lipinski definition) is 4. The number of aryl methyl sites for hydroxylation is 1. The zero-order valence-electron chi connectivity index (χ0n) is 16.1. The summed E-state index contributed by atoms with van der Waals surface area (Å²) in [6, 6.07) is 6.76. The van der Waals surface area contributed by atoms with E-state index in [-0.39, 0.29) is 16.8 Å². The van der Waals surface area contributed by atoms with Crippen LogP contribution in [0.1, 0.15) is 65.8 Å². The van der Waals surface area contributed by atoms with Crippen LogP contribution in [0, 0.1) is 0 Å². The van der Waals surface area contributed by atoms with Gasteiger partial charge in [-0.3, -0.25) is 14.4 Å². The highest BCUT2D eigenvalue weighted by atomic mass is 16.2. The molecule has 7 nitrogen and oxygen atoms in total. The van der Waals surface area contributed by atoms with Crippen molar-refractivity contribution in [2.75, 3.05) is 5.32 Å². The molecule has 0 atom stereocenters. The number of aromatic nitrogens is 3. The predicted octanol–water partition coefficient (Wildman–Crippen LogP) is 3.32. The highest BCUT2D eigenvalue weighted by molar-refractivity contribution is 6.07. The molecule has 2 aromatic heterocycles. The van der Waals surface area contributed by atoms with Crippen molar-refractivity contribution in [2.45, 2.75) is 45.4 Å². The molecule has 144 valence electrons. The van der Waals surface area contributed by atoms with Crippen LogP contribution < -0.4 is 10.9 Å². The van der Waals surface area contributed by atoms with E-state index < -0.39 is 11.5 Å². The Bertz CT molecular complexity index is 1160. The largest absolute Gasteiger partial charge is 0.341 e. The maximum absolute atomic E-state index is 12.7. The van der Waals surface area contributed by atoms with Crippen molar-refractivity contribution in [3.8, 4) is 0 Å². The first-order chi connectivity index (χ1) is 13.2. The zero-order valence-corrected chi connectivity index (χ0v) is 16.1. The maximum Gasteiger partial charge on any atom is 0.261 e. The second kappa shape index (κ2) is 6.44. The van der Waals surface area contributed by atoms with Crippen LogP contribution in [0.5, 0.6) is 0 Å². The summed E-state index contributed by atoms with van der Waals surface area (Å²) in [7, 11) is 0. The Labute approximate surface area is 161 Å². The summed E-state index contributed by atoms with van der Waals surface area (Å²) in [6.07, 6.45) is 1.80. The van der Waals surface area contributed by atoms with Crippen molar-refractivity contribution in [1.29, 1.82) is 0 Å². The molecule has 0 bridgehead atoms. The van der Waals surface area contributed by atoms with Gasteiger partial charge in [-0.1, -0.05) is 20.8 Å². The average Bonchev–Trinajstić information content (AvgIpc) is 3.05. The third-order valence-corrected chi connectivity index (χ3v) is 4.95. The molecule has 1 aliphatic rings. The molecule has 0 saturated carbocycles. The van der Waals surface area contributed by atoms with Gasteiger partial charge in [0.1, 0.15) is 11.4 Å². The number of amides is 1. The molecule has 3 aromatic rings. The lowest BCUT2D eigenvalue weighted by atomic mass is 9.93. The van der Waals surface area contributed by atoms with Crippen LogP contribution in [-0.4, -0.2) is 26.6 Å². The Morgan fingerprint density at radius 3 is 2.64 bits per heavy atom. The quantitative estimate of drug-likeness (QED) is 0.636. The van der Waals surface area contributed by atoms with E-state index in [2.05, 4.69) is 41.0 Å². The van der Waals surface area contributed by atoms with Crippen molar-refractivity contribution >= 4 is 28.4 Å². The summed E-state index contributed by atoms with van der Waals surface area (Å²) >= 11 is 0. The molecule has 28 heavy (non-hydrogen) atoms. The molecule has 0 fully saturated rings. The van der Waals surface area contributed by atoms with Gasteiger partial charge in [-0.15, -0.1) is 0 Å². The van der Waals surface area contributed by atoms with Gasteiger partial charge in [0.05, 0.1) is 11.0 Å². The number of imidazole rings is 1. The van der Waals surface area contributed by atoms with Gasteiger partial charge in [-0.05, 0) is 37.1 Å². The molecule has 1 aliphatic carbocycles. The van der Waals surface area contributed by atoms with E-state index in [1.807, 2.05) is 6.07 Å². The van der Waals surface area contributed by atoms with Gasteiger partial charge < -0.3 is 15.3 Å². The van der Waals surface area contributed by atoms with E-state index in [1.165, 1.54) is 6.07 Å². The van der Waals surface area contributed by atoms with Gasteiger partial charge in [-0.25, -0.2) is 4.98 Å². The fourth-order valence-electron chi connectivity index (χ4n) is 3.38. The van der Waals surface area contributed by atoms with Crippen molar-refractivity contribution < 1.29 is 9.59 Å². The van der Waals surface area contributed by atoms with Gasteiger partial charge >= 0.3 is 0 Å². The summed E-state index contributed by atoms with van der Waals surface area (Å²) in [5.41, 5.74) is 2.55. The molecule has 3 N–H and O–H groups in total. The SMILES string of the molecule is CC(C)(C)c1nc2ccc(NC(=O)c3cc4c([nH]c3=O)CCCC4=O)cc2[nH]1. The topological polar surface area (TPSA) is 108 Å². The highest BCUT2D eigenvalue weighted by Crippen LogP contribution is 2.24. The third kappa shape index (κ3) is 3.24. The Kier molecular flexibility index (Phi) is 4.18. The number of fused-ring (bicyclic) bond motifs is 2. The lowest BCUT2D eigenvalue weighted by molar-refractivity contribution is 0.0971. The Morgan fingerprint density at radius 2 is 1.89 bits per heavy atom. The van der Waals surface area contributed by atoms with E-state index in [0.29, 0.717) is 36.2 Å². The molecular formula is C21H22N4O3. The van der Waals surface area contributed by atoms with Crippen molar-refractivity contribution in [3.63, 3.8) is 0 Å². The minimum absolute atomic E-state index is 0.0415. The molecule has 0 aliphatic heterocycles. The molecule has 4 rings (SSSR count). The number of pyridine rings is 1. The molecule has 2 heterocycles. The Balaban J connectivity index is 1.64. The number of H-pyrrole nitrogens is 2. The van der Waals surface area contributed by atoms with E-state index in [4.69, 9.17) is 0 Å². The standard InChI is InChI=1S/C21H22N4O3/c1-21(2,3)20-24-15-8-7-11(9-16(15)25-20)22-18(27)13-10-12-14(23-19(13)28)5-4-6-17(12)26/h7-10H,4-6H2,1-3H3,(H,22,27)(H,23,28)(H,24,25). The van der Waals surface area contributed by atoms with Crippen molar-refractivity contribution in [3.05, 3.63) is 57.3 Å². The van der Waals surface area contributed by atoms with Crippen LogP contribution in [0.3, 0.4) is 0 Å². The fourth-order valence-corrected chi connectivity index (χ4v) is 3.38. The first kappa shape index (κ1) is 18.2. The van der Waals surface area contributed by atoms with Gasteiger partial charge in [-0.2, -0.15) is 0 Å². The summed E-state index contributed by atoms with van der Waals surface area (Å²) < 4.78 is 0. The van der Waals surface area contributed by atoms with Crippen molar-refractivity contribution in [1.82, 2.24) is 15.0 Å². The Morgan fingerprint density at radius 1 is 1.11 bits per heavy atom. The van der Waals surface area contributed by atoms with E-state index in [0.717, 1.165) is 16.9 Å². The van der Waals surface area contributed by atoms with Crippen LogP contribution >= 0.6 is 0 Å². The number of rotatable bonds is 2. The summed E-state index contributed by atoms with van der Waals surface area (Å²) in [5.74, 6) is 0.271. The number of nitrogens with one attached hydrogen (secondary N) is 3. The lowest BCUT2D eigenvalue weighted by Crippen LogP contribution is -2.27. The van der Waals surface area contributed by atoms with Crippen LogP contribution in [0.15, 0.2) is 29.1 Å². The molecule has 1 amide bonds. The summed E-state index contributed by atoms with van der Waals surface area (Å²) in [6.45, 7) is 6.20. The van der Waals surface area contributed by atoms with Gasteiger partial charge in [0.15, 0.2) is 5.78 Å². The van der Waals surface area contributed by atoms with Crippen LogP contribution in [-0.2, 0) is 11.8 Å². The number of carbonyl (C=O) groups is 2. The van der Waals surface area contributed by atoms with Gasteiger partial charge in [0.2, 0.25) is 0 Å². The van der Waals surface area contributed by atoms with E-state index >= 15 is 0 Å². The summed E-state index contributed by atoms with van der Waals surface area (Å²) in [4.78, 5) is 47.6. The van der Waals surface area contributed by atoms with Crippen LogP contribution in [0.2, 0.25) is 0 Å². The second-order valence-corrected chi connectivity index (χ2v) is 8.20. The maximum atomic E-state index is 12.7. The smallest absolute Gasteiger partial charge is 0.261 e. The van der Waals surface area contributed by atoms with E-state index in [1.54, 1.807) is 12.1 Å². The number of Topliss-reactive ketones (excluding diaryl/α,β-unsaturated/α-hetero) is 1. The number of benzene rings is 1. The number of hydrogen-bond donors (Lipinski definition) is 3. The normalized spacial score (nSPS) is 14.2. The number of ketones is 1. The molecule has 1 aromatic carbocycles. The third-order valence-electron chi connectivity index (χ3n) is 4.95. The lowest BCUT2D eigenvalue weighted by Gasteiger charge is -2.15. The van der Waals surface area contributed by atoms with Crippen LogP contribution in [0.4, 0.5) is 5.69 Å². The molecule has 0 radical (unpaired) electrons. The van der Waals surface area contributed by atoms with Crippen LogP contribution in [0.25, 0.3) is 11.0 Å². The molecule has 0 unspecified atom stereocenters. The van der Waals surface area contributed by atoms with Gasteiger partial charge in [0, 0.05) is 28.8 Å². The van der Waals surface area contributed by atoms with Gasteiger partial charge in [0.25, 0.3) is 11.5 Å². The highest BCUT2D eigenvalue weighted by Gasteiger charge is 2.22. The van der Waals surface area contributed by atoms with Crippen molar-refractivity contribution in [2.24, 2.45) is 0 Å². The number of carbonyl (C=O) groups excluding carboxylic acids is 2. The number of anilines is 1. The molecule has 0 saturated heterocycles. The predicted molar refractivity (Wildman–Crippen MR) is 107 cm³/mol. The minimum Gasteiger partial charge on any atom is -0.341 e. The Hall–Kier alpha value is -3.22. The monoisotopic (exact) mass is 378 g/mol.